The van der Waals surface area contributed by atoms with Crippen molar-refractivity contribution in [1.29, 1.82) is 0 Å². The average Bonchev–Trinajstić information content (AvgIpc) is 3.00. The van der Waals surface area contributed by atoms with E-state index in [9.17, 15) is 23.1 Å². The van der Waals surface area contributed by atoms with E-state index >= 15 is 0 Å². The van der Waals surface area contributed by atoms with E-state index in [2.05, 4.69) is 20.9 Å². The van der Waals surface area contributed by atoms with Crippen LogP contribution in [0, 0.1) is 18.8 Å². The predicted molar refractivity (Wildman–Crippen MR) is 192 cm³/mol. The van der Waals surface area contributed by atoms with Crippen LogP contribution in [0.15, 0.2) is 54.6 Å². The van der Waals surface area contributed by atoms with Gasteiger partial charge in [-0.15, -0.1) is 0 Å². The van der Waals surface area contributed by atoms with Crippen LogP contribution in [0.5, 0.6) is 0 Å². The number of amides is 2. The highest BCUT2D eigenvalue weighted by Crippen LogP contribution is 2.39. The second kappa shape index (κ2) is 15.8. The second-order valence-electron chi connectivity index (χ2n) is 15.8. The largest absolute Gasteiger partial charge is 0.390 e. The van der Waals surface area contributed by atoms with E-state index < -0.39 is 38.7 Å². The SMILES string of the molecule is Cc1ccc(CN[C@H](C(=O)N[C@@H](Cc2ccccc2)[C@H](O)CN2CC3CCCCC3C[C@H]2C(=O)NC(C)(C)C)C(C)(C)S(C)(=O)=O)cc1. The number of benzene rings is 2. The van der Waals surface area contributed by atoms with E-state index in [1.54, 1.807) is 13.8 Å². The summed E-state index contributed by atoms with van der Waals surface area (Å²) in [4.78, 5) is 30.0. The summed E-state index contributed by atoms with van der Waals surface area (Å²) in [7, 11) is -3.68. The van der Waals surface area contributed by atoms with E-state index in [0.717, 1.165) is 48.8 Å². The maximum atomic E-state index is 14.2. The van der Waals surface area contributed by atoms with Crippen molar-refractivity contribution in [2.24, 2.45) is 11.8 Å². The molecule has 4 N–H and O–H groups in total. The van der Waals surface area contributed by atoms with Gasteiger partial charge >= 0.3 is 0 Å². The van der Waals surface area contributed by atoms with E-state index in [1.165, 1.54) is 12.8 Å². The van der Waals surface area contributed by atoms with Crippen molar-refractivity contribution in [2.45, 2.75) is 121 Å². The van der Waals surface area contributed by atoms with Crippen LogP contribution in [0.3, 0.4) is 0 Å². The van der Waals surface area contributed by atoms with Crippen molar-refractivity contribution >= 4 is 21.7 Å². The Labute approximate surface area is 288 Å². The number of hydrogen-bond donors (Lipinski definition) is 4. The molecule has 0 bridgehead atoms. The number of nitrogens with one attached hydrogen (secondary N) is 3. The molecular weight excluding hydrogens is 625 g/mol. The standard InChI is InChI=1S/C38H58N4O5S/c1-26-17-19-28(20-18-26)23-39-34(38(5,6)48(7,46)47)36(45)40-31(21-27-13-9-8-10-14-27)33(43)25-42-24-30-16-12-11-15-29(30)22-32(42)35(44)41-37(2,3)4/h8-10,13-14,17-20,29-34,39,43H,11-12,15-16,21-25H2,1-7H3,(H,40,45)(H,41,44)/t29?,30?,31-,32-,33+,34+/m0/s1. The Morgan fingerprint density at radius 2 is 1.56 bits per heavy atom. The smallest absolute Gasteiger partial charge is 0.239 e. The number of aliphatic hydroxyl groups excluding tert-OH is 1. The molecule has 10 heteroatoms. The van der Waals surface area contributed by atoms with Gasteiger partial charge in [0.05, 0.1) is 22.9 Å². The van der Waals surface area contributed by atoms with Crippen molar-refractivity contribution < 1.29 is 23.1 Å². The summed E-state index contributed by atoms with van der Waals surface area (Å²) in [5.74, 6) is 0.433. The Hall–Kier alpha value is -2.79. The number of piperidine rings is 1. The molecule has 0 spiro atoms. The summed E-state index contributed by atoms with van der Waals surface area (Å²) >= 11 is 0. The van der Waals surface area contributed by atoms with Gasteiger partial charge in [-0.2, -0.15) is 0 Å². The summed E-state index contributed by atoms with van der Waals surface area (Å²) in [6, 6.07) is 15.3. The fourth-order valence-corrected chi connectivity index (χ4v) is 7.82. The number of hydrogen-bond acceptors (Lipinski definition) is 7. The van der Waals surface area contributed by atoms with Gasteiger partial charge < -0.3 is 21.1 Å². The number of aliphatic hydroxyl groups is 1. The lowest BCUT2D eigenvalue weighted by atomic mass is 9.72. The molecule has 4 rings (SSSR count). The first-order chi connectivity index (χ1) is 22.4. The van der Waals surface area contributed by atoms with Gasteiger partial charge in [0.1, 0.15) is 6.04 Å². The lowest BCUT2D eigenvalue weighted by Gasteiger charge is -2.47. The summed E-state index contributed by atoms with van der Waals surface area (Å²) in [6.07, 6.45) is 5.83. The number of carbonyl (C=O) groups excluding carboxylic acids is 2. The summed E-state index contributed by atoms with van der Waals surface area (Å²) < 4.78 is 24.6. The van der Waals surface area contributed by atoms with Gasteiger partial charge in [0.2, 0.25) is 11.8 Å². The van der Waals surface area contributed by atoms with Gasteiger partial charge in [0, 0.05) is 31.4 Å². The van der Waals surface area contributed by atoms with Crippen LogP contribution >= 0.6 is 0 Å². The molecule has 0 aromatic heterocycles. The third kappa shape index (κ3) is 10.1. The highest BCUT2D eigenvalue weighted by molar-refractivity contribution is 7.92. The molecule has 1 saturated carbocycles. The first kappa shape index (κ1) is 38.0. The third-order valence-corrected chi connectivity index (χ3v) is 12.5. The van der Waals surface area contributed by atoms with Crippen LogP contribution in [0.4, 0.5) is 0 Å². The number of rotatable bonds is 13. The maximum Gasteiger partial charge on any atom is 0.239 e. The first-order valence-electron chi connectivity index (χ1n) is 17.5. The highest BCUT2D eigenvalue weighted by atomic mass is 32.2. The van der Waals surface area contributed by atoms with Crippen molar-refractivity contribution in [1.82, 2.24) is 20.9 Å². The molecule has 266 valence electrons. The summed E-state index contributed by atoms with van der Waals surface area (Å²) in [5.41, 5.74) is 2.57. The number of β-amino-alcohol motifs (C(OH)–C–C–N with tert-alkyl or cyclic N) is 1. The fourth-order valence-electron chi connectivity index (χ4n) is 7.21. The number of nitrogens with zero attached hydrogens (tertiary/aromatic N) is 1. The Morgan fingerprint density at radius 3 is 2.17 bits per heavy atom. The number of fused-ring (bicyclic) bond motifs is 1. The quantitative estimate of drug-likeness (QED) is 0.250. The van der Waals surface area contributed by atoms with E-state index in [4.69, 9.17) is 0 Å². The van der Waals surface area contributed by atoms with E-state index in [1.807, 2.05) is 82.3 Å². The molecule has 9 nitrogen and oxygen atoms in total. The minimum absolute atomic E-state index is 0.0300. The minimum Gasteiger partial charge on any atom is -0.390 e. The van der Waals surface area contributed by atoms with Gasteiger partial charge in [0.25, 0.3) is 0 Å². The van der Waals surface area contributed by atoms with Crippen LogP contribution in [0.25, 0.3) is 0 Å². The molecule has 2 unspecified atom stereocenters. The molecule has 1 saturated heterocycles. The van der Waals surface area contributed by atoms with Crippen molar-refractivity contribution in [3.8, 4) is 0 Å². The molecule has 1 aliphatic heterocycles. The molecule has 2 aliphatic rings. The highest BCUT2D eigenvalue weighted by Gasteiger charge is 2.45. The van der Waals surface area contributed by atoms with Gasteiger partial charge in [-0.1, -0.05) is 79.4 Å². The summed E-state index contributed by atoms with van der Waals surface area (Å²) in [5, 5.41) is 21.4. The van der Waals surface area contributed by atoms with Gasteiger partial charge in [-0.3, -0.25) is 14.5 Å². The summed E-state index contributed by atoms with van der Waals surface area (Å²) in [6.45, 7) is 12.3. The molecule has 6 atom stereocenters. The van der Waals surface area contributed by atoms with E-state index in [0.29, 0.717) is 24.8 Å². The molecule has 2 aromatic rings. The Kier molecular flexibility index (Phi) is 12.5. The zero-order valence-corrected chi connectivity index (χ0v) is 30.8. The zero-order valence-electron chi connectivity index (χ0n) is 30.0. The van der Waals surface area contributed by atoms with Crippen LogP contribution in [0.1, 0.15) is 83.4 Å². The Bertz CT molecular complexity index is 1470. The van der Waals surface area contributed by atoms with Crippen molar-refractivity contribution in [3.05, 3.63) is 71.3 Å². The molecule has 1 heterocycles. The Morgan fingerprint density at radius 1 is 0.938 bits per heavy atom. The first-order valence-corrected chi connectivity index (χ1v) is 19.4. The van der Waals surface area contributed by atoms with Gasteiger partial charge in [-0.25, -0.2) is 8.42 Å². The minimum atomic E-state index is -3.68. The molecule has 2 fully saturated rings. The monoisotopic (exact) mass is 682 g/mol. The topological polar surface area (TPSA) is 128 Å². The lowest BCUT2D eigenvalue weighted by Crippen LogP contribution is -2.63. The van der Waals surface area contributed by atoms with E-state index in [-0.39, 0.29) is 24.0 Å². The van der Waals surface area contributed by atoms with Gasteiger partial charge in [-0.05, 0) is 83.8 Å². The second-order valence-corrected chi connectivity index (χ2v) is 18.4. The maximum absolute atomic E-state index is 14.2. The van der Waals surface area contributed by atoms with Crippen LogP contribution in [-0.2, 0) is 32.4 Å². The number of aryl methyl sites for hydroxylation is 1. The van der Waals surface area contributed by atoms with Gasteiger partial charge in [0.15, 0.2) is 9.84 Å². The van der Waals surface area contributed by atoms with Crippen molar-refractivity contribution in [3.63, 3.8) is 0 Å². The molecule has 0 radical (unpaired) electrons. The fraction of sp³-hybridized carbons (Fsp3) is 0.632. The molecule has 2 amide bonds. The molecule has 48 heavy (non-hydrogen) atoms. The molecule has 1 aliphatic carbocycles. The predicted octanol–water partition coefficient (Wildman–Crippen LogP) is 4.16. The average molecular weight is 683 g/mol. The lowest BCUT2D eigenvalue weighted by molar-refractivity contribution is -0.133. The molecule has 2 aromatic carbocycles. The number of likely N-dealkylation sites (tertiary alicyclic amines) is 1. The normalized spacial score (nSPS) is 22.6. The van der Waals surface area contributed by atoms with Crippen LogP contribution in [0.2, 0.25) is 0 Å². The van der Waals surface area contributed by atoms with Crippen LogP contribution < -0.4 is 16.0 Å². The number of carbonyl (C=O) groups is 2. The Balaban J connectivity index is 1.60. The van der Waals surface area contributed by atoms with Crippen molar-refractivity contribution in [2.75, 3.05) is 19.3 Å². The number of sulfone groups is 1. The third-order valence-electron chi connectivity index (χ3n) is 10.4. The zero-order chi connectivity index (χ0) is 35.3. The van der Waals surface area contributed by atoms with Crippen LogP contribution in [-0.4, -0.2) is 84.1 Å². The molecular formula is C38H58N4O5S.